The van der Waals surface area contributed by atoms with Gasteiger partial charge in [-0.1, -0.05) is 13.8 Å². The van der Waals surface area contributed by atoms with Crippen molar-refractivity contribution in [2.75, 3.05) is 11.9 Å². The average molecular weight is 329 g/mol. The number of hydrogen-bond acceptors (Lipinski definition) is 3. The molecular weight excluding hydrogens is 302 g/mol. The van der Waals surface area contributed by atoms with Crippen molar-refractivity contribution in [3.63, 3.8) is 0 Å². The first-order valence-corrected chi connectivity index (χ1v) is 9.12. The molecule has 0 bridgehead atoms. The Balaban J connectivity index is 1.66. The number of carbonyl (C=O) groups excluding carboxylic acids is 2. The van der Waals surface area contributed by atoms with Crippen molar-refractivity contribution in [3.05, 3.63) is 23.9 Å². The molecule has 0 radical (unpaired) electrons. The minimum absolute atomic E-state index is 0.0167. The van der Waals surface area contributed by atoms with Crippen molar-refractivity contribution < 1.29 is 9.59 Å². The first-order chi connectivity index (χ1) is 11.5. The third kappa shape index (κ3) is 4.13. The number of rotatable bonds is 6. The fraction of sp³-hybridized carbons (Fsp3) is 0.632. The zero-order chi connectivity index (χ0) is 17.1. The zero-order valence-corrected chi connectivity index (χ0v) is 14.6. The van der Waals surface area contributed by atoms with E-state index in [-0.39, 0.29) is 17.7 Å². The average Bonchev–Trinajstić information content (AvgIpc) is 3.31. The van der Waals surface area contributed by atoms with E-state index in [4.69, 9.17) is 0 Å². The van der Waals surface area contributed by atoms with Gasteiger partial charge in [-0.25, -0.2) is 4.98 Å². The highest BCUT2D eigenvalue weighted by Gasteiger charge is 2.31. The maximum Gasteiger partial charge on any atom is 0.254 e. The number of nitrogens with one attached hydrogen (secondary N) is 1. The summed E-state index contributed by atoms with van der Waals surface area (Å²) in [5, 5.41) is 2.82. The van der Waals surface area contributed by atoms with Crippen LogP contribution in [0.15, 0.2) is 18.3 Å². The van der Waals surface area contributed by atoms with E-state index < -0.39 is 0 Å². The van der Waals surface area contributed by atoms with E-state index in [2.05, 4.69) is 24.1 Å². The molecule has 2 amide bonds. The lowest BCUT2D eigenvalue weighted by Crippen LogP contribution is -2.35. The fourth-order valence-electron chi connectivity index (χ4n) is 3.30. The molecule has 130 valence electrons. The van der Waals surface area contributed by atoms with E-state index in [1.54, 1.807) is 18.3 Å². The van der Waals surface area contributed by atoms with E-state index in [1.807, 2.05) is 4.90 Å². The summed E-state index contributed by atoms with van der Waals surface area (Å²) >= 11 is 0. The van der Waals surface area contributed by atoms with Crippen LogP contribution in [-0.4, -0.2) is 34.3 Å². The minimum Gasteiger partial charge on any atom is -0.336 e. The van der Waals surface area contributed by atoms with Crippen molar-refractivity contribution in [1.29, 1.82) is 0 Å². The van der Waals surface area contributed by atoms with Gasteiger partial charge in [0.2, 0.25) is 5.91 Å². The lowest BCUT2D eigenvalue weighted by molar-refractivity contribution is -0.117. The van der Waals surface area contributed by atoms with Gasteiger partial charge < -0.3 is 10.2 Å². The van der Waals surface area contributed by atoms with Gasteiger partial charge in [0.25, 0.3) is 5.91 Å². The molecule has 0 spiro atoms. The van der Waals surface area contributed by atoms with E-state index in [1.165, 1.54) is 0 Å². The number of amides is 2. The smallest absolute Gasteiger partial charge is 0.254 e. The highest BCUT2D eigenvalue weighted by molar-refractivity contribution is 5.97. The van der Waals surface area contributed by atoms with Gasteiger partial charge in [-0.05, 0) is 56.6 Å². The second-order valence-electron chi connectivity index (χ2n) is 7.46. The summed E-state index contributed by atoms with van der Waals surface area (Å²) in [4.78, 5) is 30.9. The van der Waals surface area contributed by atoms with Crippen LogP contribution in [0.2, 0.25) is 0 Å². The second kappa shape index (κ2) is 7.32. The van der Waals surface area contributed by atoms with Crippen LogP contribution in [0.25, 0.3) is 0 Å². The predicted octanol–water partition coefficient (Wildman–Crippen LogP) is 3.47. The van der Waals surface area contributed by atoms with Gasteiger partial charge in [-0.15, -0.1) is 0 Å². The van der Waals surface area contributed by atoms with Crippen LogP contribution >= 0.6 is 0 Å². The molecule has 1 aliphatic heterocycles. The Hall–Kier alpha value is -1.91. The molecule has 5 nitrogen and oxygen atoms in total. The standard InChI is InChI=1S/C19H27N3O2/c1-13(2)5-8-16-4-3-11-22(16)19(24)15-9-10-20-17(12-15)21-18(23)14-6-7-14/h9-10,12-14,16H,3-8,11H2,1-2H3,(H,20,21,23). The summed E-state index contributed by atoms with van der Waals surface area (Å²) in [6, 6.07) is 3.80. The van der Waals surface area contributed by atoms with Gasteiger partial charge >= 0.3 is 0 Å². The summed E-state index contributed by atoms with van der Waals surface area (Å²) in [6.45, 7) is 5.27. The molecular formula is C19H27N3O2. The first-order valence-electron chi connectivity index (χ1n) is 9.12. The maximum atomic E-state index is 12.9. The number of nitrogens with zero attached hydrogens (tertiary/aromatic N) is 2. The monoisotopic (exact) mass is 329 g/mol. The number of pyridine rings is 1. The van der Waals surface area contributed by atoms with Crippen LogP contribution in [0.5, 0.6) is 0 Å². The minimum atomic E-state index is 0.0167. The molecule has 1 aliphatic carbocycles. The molecule has 1 saturated carbocycles. The summed E-state index contributed by atoms with van der Waals surface area (Å²) in [5.74, 6) is 1.35. The Kier molecular flexibility index (Phi) is 5.17. The van der Waals surface area contributed by atoms with Crippen LogP contribution in [-0.2, 0) is 4.79 Å². The number of anilines is 1. The quantitative estimate of drug-likeness (QED) is 0.869. The summed E-state index contributed by atoms with van der Waals surface area (Å²) in [6.07, 6.45) is 7.90. The normalized spacial score (nSPS) is 20.5. The molecule has 1 aromatic heterocycles. The van der Waals surface area contributed by atoms with Crippen LogP contribution in [0.3, 0.4) is 0 Å². The van der Waals surface area contributed by atoms with Gasteiger partial charge in [0, 0.05) is 30.3 Å². The molecule has 1 atom stereocenters. The van der Waals surface area contributed by atoms with Gasteiger partial charge in [0.05, 0.1) is 0 Å². The van der Waals surface area contributed by atoms with E-state index in [0.29, 0.717) is 23.3 Å². The largest absolute Gasteiger partial charge is 0.336 e. The predicted molar refractivity (Wildman–Crippen MR) is 93.7 cm³/mol. The molecule has 1 N–H and O–H groups in total. The van der Waals surface area contributed by atoms with Crippen LogP contribution < -0.4 is 5.32 Å². The van der Waals surface area contributed by atoms with Crippen molar-refractivity contribution in [2.45, 2.75) is 58.4 Å². The second-order valence-corrected chi connectivity index (χ2v) is 7.46. The third-order valence-electron chi connectivity index (χ3n) is 4.92. The lowest BCUT2D eigenvalue weighted by atomic mass is 10.0. The highest BCUT2D eigenvalue weighted by Crippen LogP contribution is 2.30. The highest BCUT2D eigenvalue weighted by atomic mass is 16.2. The molecule has 1 aromatic rings. The number of aromatic nitrogens is 1. The van der Waals surface area contributed by atoms with Crippen LogP contribution in [0.4, 0.5) is 5.82 Å². The molecule has 1 unspecified atom stereocenters. The number of likely N-dealkylation sites (tertiary alicyclic amines) is 1. The van der Waals surface area contributed by atoms with Gasteiger partial charge in [0.1, 0.15) is 5.82 Å². The molecule has 24 heavy (non-hydrogen) atoms. The first kappa shape index (κ1) is 16.9. The Morgan fingerprint density at radius 1 is 1.33 bits per heavy atom. The van der Waals surface area contributed by atoms with Gasteiger partial charge in [-0.2, -0.15) is 0 Å². The van der Waals surface area contributed by atoms with Gasteiger partial charge in [0.15, 0.2) is 0 Å². The van der Waals surface area contributed by atoms with E-state index in [9.17, 15) is 9.59 Å². The van der Waals surface area contributed by atoms with Gasteiger partial charge in [-0.3, -0.25) is 9.59 Å². The Bertz CT molecular complexity index is 610. The SMILES string of the molecule is CC(C)CCC1CCCN1C(=O)c1ccnc(NC(=O)C2CC2)c1. The lowest BCUT2D eigenvalue weighted by Gasteiger charge is -2.25. The summed E-state index contributed by atoms with van der Waals surface area (Å²) in [5.41, 5.74) is 0.618. The molecule has 2 heterocycles. The molecule has 5 heteroatoms. The molecule has 3 rings (SSSR count). The van der Waals surface area contributed by atoms with Crippen molar-refractivity contribution >= 4 is 17.6 Å². The summed E-state index contributed by atoms with van der Waals surface area (Å²) in [7, 11) is 0. The van der Waals surface area contributed by atoms with Crippen LogP contribution in [0, 0.1) is 11.8 Å². The maximum absolute atomic E-state index is 12.9. The Morgan fingerprint density at radius 2 is 2.12 bits per heavy atom. The third-order valence-corrected chi connectivity index (χ3v) is 4.92. The van der Waals surface area contributed by atoms with Crippen LogP contribution in [0.1, 0.15) is 62.7 Å². The Labute approximate surface area is 143 Å². The van der Waals surface area contributed by atoms with Crippen molar-refractivity contribution in [3.8, 4) is 0 Å². The van der Waals surface area contributed by atoms with Crippen molar-refractivity contribution in [1.82, 2.24) is 9.88 Å². The van der Waals surface area contributed by atoms with E-state index in [0.717, 1.165) is 45.1 Å². The number of hydrogen-bond donors (Lipinski definition) is 1. The van der Waals surface area contributed by atoms with E-state index >= 15 is 0 Å². The number of carbonyl (C=O) groups is 2. The zero-order valence-electron chi connectivity index (χ0n) is 14.6. The molecule has 1 saturated heterocycles. The molecule has 2 aliphatic rings. The molecule has 2 fully saturated rings. The topological polar surface area (TPSA) is 62.3 Å². The molecule has 0 aromatic carbocycles. The summed E-state index contributed by atoms with van der Waals surface area (Å²) < 4.78 is 0. The Morgan fingerprint density at radius 3 is 2.83 bits per heavy atom. The van der Waals surface area contributed by atoms with Crippen molar-refractivity contribution in [2.24, 2.45) is 11.8 Å². The fourth-order valence-corrected chi connectivity index (χ4v) is 3.30.